The third-order valence-electron chi connectivity index (χ3n) is 4.30. The molecular formula is C19H19Cl2N3O2. The number of rotatable bonds is 3. The Morgan fingerprint density at radius 3 is 2.31 bits per heavy atom. The van der Waals surface area contributed by atoms with Gasteiger partial charge in [0.2, 0.25) is 0 Å². The van der Waals surface area contributed by atoms with Gasteiger partial charge in [-0.1, -0.05) is 59.6 Å². The van der Waals surface area contributed by atoms with E-state index in [1.807, 2.05) is 18.2 Å². The molecule has 1 aliphatic heterocycles. The molecule has 1 heterocycles. The molecule has 0 aliphatic carbocycles. The van der Waals surface area contributed by atoms with Gasteiger partial charge < -0.3 is 10.2 Å². The molecule has 7 heteroatoms. The normalized spacial score (nSPS) is 14.9. The van der Waals surface area contributed by atoms with Crippen LogP contribution in [-0.2, 0) is 16.1 Å². The molecule has 1 saturated heterocycles. The van der Waals surface area contributed by atoms with Crippen LogP contribution in [0.5, 0.6) is 0 Å². The van der Waals surface area contributed by atoms with Crippen molar-refractivity contribution in [2.75, 3.05) is 31.5 Å². The van der Waals surface area contributed by atoms with Crippen LogP contribution in [0.15, 0.2) is 48.5 Å². The second kappa shape index (κ2) is 8.54. The van der Waals surface area contributed by atoms with Gasteiger partial charge in [0.25, 0.3) is 0 Å². The van der Waals surface area contributed by atoms with E-state index in [0.717, 1.165) is 19.6 Å². The summed E-state index contributed by atoms with van der Waals surface area (Å²) in [5, 5.41) is 3.09. The number of nitrogens with zero attached hydrogens (tertiary/aromatic N) is 2. The predicted octanol–water partition coefficient (Wildman–Crippen LogP) is 3.28. The van der Waals surface area contributed by atoms with Gasteiger partial charge in [0.1, 0.15) is 0 Å². The summed E-state index contributed by atoms with van der Waals surface area (Å²) in [5.41, 5.74) is 1.57. The summed E-state index contributed by atoms with van der Waals surface area (Å²) in [5.74, 6) is -1.26. The van der Waals surface area contributed by atoms with Crippen molar-refractivity contribution in [1.29, 1.82) is 0 Å². The molecule has 0 aromatic heterocycles. The molecule has 0 radical (unpaired) electrons. The lowest BCUT2D eigenvalue weighted by atomic mass is 10.2. The molecule has 1 fully saturated rings. The first kappa shape index (κ1) is 18.7. The van der Waals surface area contributed by atoms with Crippen molar-refractivity contribution >= 4 is 40.7 Å². The van der Waals surface area contributed by atoms with Gasteiger partial charge in [-0.2, -0.15) is 0 Å². The summed E-state index contributed by atoms with van der Waals surface area (Å²) in [7, 11) is 0. The Morgan fingerprint density at radius 1 is 0.923 bits per heavy atom. The second-order valence-corrected chi connectivity index (χ2v) is 6.89. The first-order valence-electron chi connectivity index (χ1n) is 8.35. The number of halogens is 2. The Labute approximate surface area is 162 Å². The predicted molar refractivity (Wildman–Crippen MR) is 103 cm³/mol. The molecule has 1 N–H and O–H groups in total. The number of hydrogen-bond donors (Lipinski definition) is 1. The van der Waals surface area contributed by atoms with E-state index in [9.17, 15) is 9.59 Å². The summed E-state index contributed by atoms with van der Waals surface area (Å²) in [6, 6.07) is 15.1. The van der Waals surface area contributed by atoms with Gasteiger partial charge in [-0.25, -0.2) is 0 Å². The average Bonchev–Trinajstić information content (AvgIpc) is 2.66. The molecule has 3 rings (SSSR count). The molecule has 1 aliphatic rings. The number of carbonyl (C=O) groups is 2. The van der Waals surface area contributed by atoms with E-state index < -0.39 is 11.8 Å². The summed E-state index contributed by atoms with van der Waals surface area (Å²) in [6.07, 6.45) is 0. The number of piperazine rings is 1. The van der Waals surface area contributed by atoms with Crippen molar-refractivity contribution in [1.82, 2.24) is 9.80 Å². The smallest absolute Gasteiger partial charge is 0.313 e. The lowest BCUT2D eigenvalue weighted by Gasteiger charge is -2.34. The Bertz CT molecular complexity index is 791. The second-order valence-electron chi connectivity index (χ2n) is 6.11. The fraction of sp³-hybridized carbons (Fsp3) is 0.263. The molecule has 2 amide bonds. The summed E-state index contributed by atoms with van der Waals surface area (Å²) in [4.78, 5) is 28.4. The molecule has 0 spiro atoms. The molecule has 0 unspecified atom stereocenters. The van der Waals surface area contributed by atoms with Crippen LogP contribution in [0.1, 0.15) is 5.56 Å². The number of amides is 2. The van der Waals surface area contributed by atoms with Gasteiger partial charge in [-0.05, 0) is 17.7 Å². The van der Waals surface area contributed by atoms with Crippen LogP contribution >= 0.6 is 23.2 Å². The zero-order valence-electron chi connectivity index (χ0n) is 14.1. The van der Waals surface area contributed by atoms with Crippen molar-refractivity contribution in [2.45, 2.75) is 6.54 Å². The van der Waals surface area contributed by atoms with E-state index >= 15 is 0 Å². The fourth-order valence-electron chi connectivity index (χ4n) is 2.87. The Balaban J connectivity index is 1.53. The van der Waals surface area contributed by atoms with Gasteiger partial charge in [-0.15, -0.1) is 0 Å². The van der Waals surface area contributed by atoms with Crippen LogP contribution < -0.4 is 5.32 Å². The van der Waals surface area contributed by atoms with E-state index in [4.69, 9.17) is 23.2 Å². The molecule has 0 bridgehead atoms. The van der Waals surface area contributed by atoms with Crippen LogP contribution in [-0.4, -0.2) is 47.8 Å². The molecular weight excluding hydrogens is 373 g/mol. The van der Waals surface area contributed by atoms with Crippen molar-refractivity contribution in [2.24, 2.45) is 0 Å². The molecule has 26 heavy (non-hydrogen) atoms. The van der Waals surface area contributed by atoms with E-state index in [1.54, 1.807) is 23.1 Å². The first-order valence-corrected chi connectivity index (χ1v) is 9.11. The Hall–Kier alpha value is -2.08. The zero-order chi connectivity index (χ0) is 18.5. The van der Waals surface area contributed by atoms with Crippen molar-refractivity contribution in [3.63, 3.8) is 0 Å². The fourth-order valence-corrected chi connectivity index (χ4v) is 3.22. The molecule has 136 valence electrons. The summed E-state index contributed by atoms with van der Waals surface area (Å²) >= 11 is 12.0. The number of nitrogens with one attached hydrogen (secondary N) is 1. The third-order valence-corrected chi connectivity index (χ3v) is 5.12. The van der Waals surface area contributed by atoms with Crippen molar-refractivity contribution < 1.29 is 9.59 Å². The van der Waals surface area contributed by atoms with Crippen LogP contribution in [0, 0.1) is 0 Å². The largest absolute Gasteiger partial charge is 0.332 e. The molecule has 5 nitrogen and oxygen atoms in total. The number of benzene rings is 2. The van der Waals surface area contributed by atoms with Gasteiger partial charge in [0.05, 0.1) is 15.7 Å². The van der Waals surface area contributed by atoms with E-state index in [0.29, 0.717) is 23.8 Å². The van der Waals surface area contributed by atoms with E-state index in [1.165, 1.54) is 5.56 Å². The number of carbonyl (C=O) groups excluding carboxylic acids is 2. The van der Waals surface area contributed by atoms with Gasteiger partial charge in [0, 0.05) is 32.7 Å². The Morgan fingerprint density at radius 2 is 1.62 bits per heavy atom. The summed E-state index contributed by atoms with van der Waals surface area (Å²) < 4.78 is 0. The number of hydrogen-bond acceptors (Lipinski definition) is 3. The van der Waals surface area contributed by atoms with Crippen molar-refractivity contribution in [3.05, 3.63) is 64.1 Å². The lowest BCUT2D eigenvalue weighted by molar-refractivity contribution is -0.144. The maximum absolute atomic E-state index is 12.4. The quantitative estimate of drug-likeness (QED) is 0.816. The molecule has 0 saturated carbocycles. The van der Waals surface area contributed by atoms with Gasteiger partial charge in [0.15, 0.2) is 0 Å². The molecule has 2 aromatic rings. The average molecular weight is 392 g/mol. The molecule has 0 atom stereocenters. The van der Waals surface area contributed by atoms with Crippen LogP contribution in [0.3, 0.4) is 0 Å². The topological polar surface area (TPSA) is 52.7 Å². The van der Waals surface area contributed by atoms with Crippen LogP contribution in [0.2, 0.25) is 10.0 Å². The van der Waals surface area contributed by atoms with E-state index in [2.05, 4.69) is 22.3 Å². The van der Waals surface area contributed by atoms with Crippen LogP contribution in [0.4, 0.5) is 5.69 Å². The molecule has 2 aromatic carbocycles. The standard InChI is InChI=1S/C19H19Cl2N3O2/c20-15-7-4-8-16(17(15)21)22-18(25)19(26)24-11-9-23(10-12-24)13-14-5-2-1-3-6-14/h1-8H,9-13H2,(H,22,25). The minimum absolute atomic E-state index is 0.225. The Kier molecular flexibility index (Phi) is 6.14. The zero-order valence-corrected chi connectivity index (χ0v) is 15.6. The SMILES string of the molecule is O=C(Nc1cccc(Cl)c1Cl)C(=O)N1CCN(Cc2ccccc2)CC1. The highest BCUT2D eigenvalue weighted by molar-refractivity contribution is 6.45. The highest BCUT2D eigenvalue weighted by Crippen LogP contribution is 2.29. The highest BCUT2D eigenvalue weighted by Gasteiger charge is 2.26. The number of anilines is 1. The van der Waals surface area contributed by atoms with E-state index in [-0.39, 0.29) is 5.02 Å². The summed E-state index contributed by atoms with van der Waals surface area (Å²) in [6.45, 7) is 3.33. The maximum Gasteiger partial charge on any atom is 0.313 e. The minimum Gasteiger partial charge on any atom is -0.332 e. The monoisotopic (exact) mass is 391 g/mol. The minimum atomic E-state index is -0.703. The third kappa shape index (κ3) is 4.55. The lowest BCUT2D eigenvalue weighted by Crippen LogP contribution is -2.51. The van der Waals surface area contributed by atoms with Crippen LogP contribution in [0.25, 0.3) is 0 Å². The van der Waals surface area contributed by atoms with Crippen molar-refractivity contribution in [3.8, 4) is 0 Å². The first-order chi connectivity index (χ1) is 12.5. The maximum atomic E-state index is 12.4. The van der Waals surface area contributed by atoms with Gasteiger partial charge in [-0.3, -0.25) is 14.5 Å². The van der Waals surface area contributed by atoms with Gasteiger partial charge >= 0.3 is 11.8 Å². The highest BCUT2D eigenvalue weighted by atomic mass is 35.5.